The zero-order chi connectivity index (χ0) is 15.3. The lowest BCUT2D eigenvalue weighted by Gasteiger charge is -2.16. The number of nitrogens with two attached hydrogens (primary N) is 1. The van der Waals surface area contributed by atoms with Crippen molar-refractivity contribution in [1.82, 2.24) is 5.32 Å². The predicted molar refractivity (Wildman–Crippen MR) is 82.6 cm³/mol. The van der Waals surface area contributed by atoms with Crippen LogP contribution in [0.3, 0.4) is 0 Å². The Hall–Kier alpha value is -0.970. The Bertz CT molecular complexity index is 476. The van der Waals surface area contributed by atoms with Crippen molar-refractivity contribution in [3.05, 3.63) is 27.7 Å². The Morgan fingerprint density at radius 1 is 1.35 bits per heavy atom. The van der Waals surface area contributed by atoms with Crippen LogP contribution in [-0.4, -0.2) is 24.6 Å². The van der Waals surface area contributed by atoms with E-state index >= 15 is 0 Å². The largest absolute Gasteiger partial charge is 0.482 e. The lowest BCUT2D eigenvalue weighted by Crippen LogP contribution is -2.34. The Morgan fingerprint density at radius 3 is 2.55 bits per heavy atom. The average Bonchev–Trinajstić information content (AvgIpc) is 2.25. The molecule has 0 heterocycles. The maximum atomic E-state index is 11.6. The summed E-state index contributed by atoms with van der Waals surface area (Å²) in [4.78, 5) is 11.6. The first-order valence-electron chi connectivity index (χ1n) is 6.45. The molecule has 1 unspecified atom stereocenters. The van der Waals surface area contributed by atoms with E-state index in [-0.39, 0.29) is 24.6 Å². The van der Waals surface area contributed by atoms with Crippen LogP contribution < -0.4 is 15.8 Å². The molecule has 112 valence electrons. The van der Waals surface area contributed by atoms with Gasteiger partial charge in [0.15, 0.2) is 6.61 Å². The minimum Gasteiger partial charge on any atom is -0.482 e. The highest BCUT2D eigenvalue weighted by molar-refractivity contribution is 6.35. The Balaban J connectivity index is 2.84. The summed E-state index contributed by atoms with van der Waals surface area (Å²) < 4.78 is 5.53. The van der Waals surface area contributed by atoms with E-state index in [0.29, 0.717) is 22.2 Å². The Kier molecular flexibility index (Phi) is 6.59. The van der Waals surface area contributed by atoms with E-state index in [9.17, 15) is 4.79 Å². The number of ether oxygens (including phenoxy) is 1. The number of hydrogen-bond acceptors (Lipinski definition) is 3. The number of rotatable bonds is 6. The summed E-state index contributed by atoms with van der Waals surface area (Å²) in [5.74, 6) is 0.269. The van der Waals surface area contributed by atoms with E-state index in [4.69, 9.17) is 33.7 Å². The van der Waals surface area contributed by atoms with Gasteiger partial charge in [-0.3, -0.25) is 4.79 Å². The highest BCUT2D eigenvalue weighted by atomic mass is 35.5. The lowest BCUT2D eigenvalue weighted by atomic mass is 10.1. The monoisotopic (exact) mass is 318 g/mol. The highest BCUT2D eigenvalue weighted by Gasteiger charge is 2.14. The van der Waals surface area contributed by atoms with E-state index in [2.05, 4.69) is 5.32 Å². The SMILES string of the molecule is CC(N)Cc1cc(Cl)cc(Cl)c1OCC(=O)NC(C)C. The van der Waals surface area contributed by atoms with Gasteiger partial charge in [-0.2, -0.15) is 0 Å². The van der Waals surface area contributed by atoms with Crippen LogP contribution in [-0.2, 0) is 11.2 Å². The van der Waals surface area contributed by atoms with Crippen molar-refractivity contribution in [2.24, 2.45) is 5.73 Å². The van der Waals surface area contributed by atoms with Crippen LogP contribution in [0.4, 0.5) is 0 Å². The molecule has 0 aliphatic rings. The van der Waals surface area contributed by atoms with Crippen LogP contribution in [0.15, 0.2) is 12.1 Å². The highest BCUT2D eigenvalue weighted by Crippen LogP contribution is 2.33. The van der Waals surface area contributed by atoms with Crippen LogP contribution in [0.25, 0.3) is 0 Å². The normalized spacial score (nSPS) is 12.3. The second-order valence-corrected chi connectivity index (χ2v) is 5.91. The molecule has 6 heteroatoms. The quantitative estimate of drug-likeness (QED) is 0.847. The summed E-state index contributed by atoms with van der Waals surface area (Å²) in [6.07, 6.45) is 0.571. The van der Waals surface area contributed by atoms with Crippen LogP contribution >= 0.6 is 23.2 Å². The molecule has 1 amide bonds. The van der Waals surface area contributed by atoms with Crippen molar-refractivity contribution in [3.8, 4) is 5.75 Å². The molecule has 20 heavy (non-hydrogen) atoms. The van der Waals surface area contributed by atoms with Gasteiger partial charge in [0.2, 0.25) is 0 Å². The van der Waals surface area contributed by atoms with Gasteiger partial charge in [-0.25, -0.2) is 0 Å². The van der Waals surface area contributed by atoms with Gasteiger partial charge >= 0.3 is 0 Å². The molecule has 4 nitrogen and oxygen atoms in total. The summed E-state index contributed by atoms with van der Waals surface area (Å²) in [5.41, 5.74) is 6.60. The van der Waals surface area contributed by atoms with Crippen LogP contribution in [0.5, 0.6) is 5.75 Å². The first kappa shape index (κ1) is 17.1. The molecule has 0 aliphatic heterocycles. The van der Waals surface area contributed by atoms with Gasteiger partial charge in [0, 0.05) is 17.1 Å². The average molecular weight is 319 g/mol. The number of amides is 1. The minimum atomic E-state index is -0.197. The lowest BCUT2D eigenvalue weighted by molar-refractivity contribution is -0.123. The van der Waals surface area contributed by atoms with Crippen molar-refractivity contribution >= 4 is 29.1 Å². The Labute approximate surface area is 129 Å². The van der Waals surface area contributed by atoms with E-state index in [0.717, 1.165) is 5.56 Å². The van der Waals surface area contributed by atoms with Gasteiger partial charge in [-0.15, -0.1) is 0 Å². The second kappa shape index (κ2) is 7.72. The first-order valence-corrected chi connectivity index (χ1v) is 7.20. The zero-order valence-electron chi connectivity index (χ0n) is 11.9. The topological polar surface area (TPSA) is 64.3 Å². The third-order valence-corrected chi connectivity index (χ3v) is 2.92. The molecule has 0 bridgehead atoms. The predicted octanol–water partition coefficient (Wildman–Crippen LogP) is 2.79. The fourth-order valence-electron chi connectivity index (χ4n) is 1.78. The van der Waals surface area contributed by atoms with Crippen molar-refractivity contribution < 1.29 is 9.53 Å². The van der Waals surface area contributed by atoms with Crippen molar-refractivity contribution in [2.45, 2.75) is 39.3 Å². The molecule has 0 aromatic heterocycles. The molecule has 0 radical (unpaired) electrons. The number of halogens is 2. The van der Waals surface area contributed by atoms with Crippen molar-refractivity contribution in [1.29, 1.82) is 0 Å². The summed E-state index contributed by atoms with van der Waals surface area (Å²) in [6, 6.07) is 3.35. The van der Waals surface area contributed by atoms with Gasteiger partial charge < -0.3 is 15.8 Å². The molecular formula is C14H20Cl2N2O2. The molecule has 0 fully saturated rings. The van der Waals surface area contributed by atoms with E-state index in [1.165, 1.54) is 0 Å². The fourth-order valence-corrected chi connectivity index (χ4v) is 2.37. The van der Waals surface area contributed by atoms with Gasteiger partial charge in [0.05, 0.1) is 5.02 Å². The van der Waals surface area contributed by atoms with Gasteiger partial charge in [0.1, 0.15) is 5.75 Å². The molecule has 0 saturated carbocycles. The van der Waals surface area contributed by atoms with Crippen LogP contribution in [0.2, 0.25) is 10.0 Å². The summed E-state index contributed by atoms with van der Waals surface area (Å²) in [6.45, 7) is 5.55. The molecule has 0 spiro atoms. The smallest absolute Gasteiger partial charge is 0.258 e. The fraction of sp³-hybridized carbons (Fsp3) is 0.500. The van der Waals surface area contributed by atoms with Gasteiger partial charge in [0.25, 0.3) is 5.91 Å². The summed E-state index contributed by atoms with van der Waals surface area (Å²) in [5, 5.41) is 3.64. The molecule has 0 saturated heterocycles. The molecule has 1 aromatic carbocycles. The van der Waals surface area contributed by atoms with Crippen LogP contribution in [0, 0.1) is 0 Å². The van der Waals surface area contributed by atoms with E-state index in [1.54, 1.807) is 12.1 Å². The number of carbonyl (C=O) groups excluding carboxylic acids is 1. The minimum absolute atomic E-state index is 0.0589. The third-order valence-electron chi connectivity index (χ3n) is 2.42. The number of carbonyl (C=O) groups is 1. The van der Waals surface area contributed by atoms with E-state index < -0.39 is 0 Å². The van der Waals surface area contributed by atoms with Gasteiger partial charge in [-0.05, 0) is 44.9 Å². The molecule has 3 N–H and O–H groups in total. The second-order valence-electron chi connectivity index (χ2n) is 5.07. The number of hydrogen-bond donors (Lipinski definition) is 2. The summed E-state index contributed by atoms with van der Waals surface area (Å²) in [7, 11) is 0. The molecule has 1 aromatic rings. The van der Waals surface area contributed by atoms with Crippen molar-refractivity contribution in [3.63, 3.8) is 0 Å². The molecule has 1 atom stereocenters. The molecule has 0 aliphatic carbocycles. The molecular weight excluding hydrogens is 299 g/mol. The first-order chi connectivity index (χ1) is 9.29. The zero-order valence-corrected chi connectivity index (χ0v) is 13.4. The Morgan fingerprint density at radius 2 is 2.00 bits per heavy atom. The van der Waals surface area contributed by atoms with Crippen molar-refractivity contribution in [2.75, 3.05) is 6.61 Å². The standard InChI is InChI=1S/C14H20Cl2N2O2/c1-8(2)18-13(19)7-20-14-10(4-9(3)17)5-11(15)6-12(14)16/h5-6,8-9H,4,7,17H2,1-3H3,(H,18,19). The number of nitrogens with one attached hydrogen (secondary N) is 1. The number of benzene rings is 1. The maximum Gasteiger partial charge on any atom is 0.258 e. The maximum absolute atomic E-state index is 11.6. The summed E-state index contributed by atoms with van der Waals surface area (Å²) >= 11 is 12.1. The van der Waals surface area contributed by atoms with E-state index in [1.807, 2.05) is 20.8 Å². The third kappa shape index (κ3) is 5.57. The van der Waals surface area contributed by atoms with Crippen LogP contribution in [0.1, 0.15) is 26.3 Å². The molecule has 1 rings (SSSR count). The van der Waals surface area contributed by atoms with Gasteiger partial charge in [-0.1, -0.05) is 23.2 Å².